The van der Waals surface area contributed by atoms with Crippen LogP contribution in [0.3, 0.4) is 0 Å². The second-order valence-electron chi connectivity index (χ2n) is 7.32. The van der Waals surface area contributed by atoms with Crippen LogP contribution in [0.25, 0.3) is 0 Å². The fourth-order valence-electron chi connectivity index (χ4n) is 3.54. The number of hydrogen-bond donors (Lipinski definition) is 0. The molecule has 1 aromatic carbocycles. The van der Waals surface area contributed by atoms with Crippen molar-refractivity contribution in [3.63, 3.8) is 0 Å². The third kappa shape index (κ3) is 5.29. The molecule has 9 heteroatoms. The summed E-state index contributed by atoms with van der Waals surface area (Å²) >= 11 is 0. The van der Waals surface area contributed by atoms with Gasteiger partial charge in [0.05, 0.1) is 24.2 Å². The minimum absolute atomic E-state index is 0.0452. The summed E-state index contributed by atoms with van der Waals surface area (Å²) in [5, 5.41) is 0. The van der Waals surface area contributed by atoms with Crippen molar-refractivity contribution in [2.75, 3.05) is 39.4 Å². The lowest BCUT2D eigenvalue weighted by Gasteiger charge is -2.32. The van der Waals surface area contributed by atoms with Crippen molar-refractivity contribution >= 4 is 17.8 Å². The Bertz CT molecular complexity index is 780. The molecule has 0 N–H and O–H groups in total. The molecule has 29 heavy (non-hydrogen) atoms. The number of piperidine rings is 1. The first-order valence-corrected chi connectivity index (χ1v) is 9.65. The first-order chi connectivity index (χ1) is 13.8. The summed E-state index contributed by atoms with van der Waals surface area (Å²) in [6.45, 7) is 3.47. The lowest BCUT2D eigenvalue weighted by molar-refractivity contribution is -0.158. The maximum atomic E-state index is 13.8. The quantitative estimate of drug-likeness (QED) is 0.705. The number of likely N-dealkylation sites (tertiary alicyclic amines) is 1. The maximum Gasteiger partial charge on any atom is 0.309 e. The summed E-state index contributed by atoms with van der Waals surface area (Å²) in [6.07, 6.45) is 0.669. The van der Waals surface area contributed by atoms with Gasteiger partial charge in [0.25, 0.3) is 11.8 Å². The van der Waals surface area contributed by atoms with Crippen LogP contribution in [-0.4, -0.2) is 73.1 Å². The predicted octanol–water partition coefficient (Wildman–Crippen LogP) is 1.61. The van der Waals surface area contributed by atoms with Crippen molar-refractivity contribution in [2.45, 2.75) is 25.9 Å². The SMILES string of the molecule is CC1CN(C(=O)COC(=O)C2CCN(C(=O)c3ccc(F)cc3F)CC2)CCO1. The van der Waals surface area contributed by atoms with Gasteiger partial charge < -0.3 is 19.3 Å². The van der Waals surface area contributed by atoms with Crippen LogP contribution < -0.4 is 0 Å². The molecule has 1 atom stereocenters. The Balaban J connectivity index is 1.45. The van der Waals surface area contributed by atoms with Crippen molar-refractivity contribution in [2.24, 2.45) is 5.92 Å². The van der Waals surface area contributed by atoms with Crippen molar-refractivity contribution in [3.05, 3.63) is 35.4 Å². The van der Waals surface area contributed by atoms with Crippen LogP contribution in [0.5, 0.6) is 0 Å². The smallest absolute Gasteiger partial charge is 0.309 e. The highest BCUT2D eigenvalue weighted by Crippen LogP contribution is 2.21. The fraction of sp³-hybridized carbons (Fsp3) is 0.550. The van der Waals surface area contributed by atoms with E-state index >= 15 is 0 Å². The molecule has 2 aliphatic rings. The van der Waals surface area contributed by atoms with Crippen molar-refractivity contribution in [3.8, 4) is 0 Å². The molecule has 2 fully saturated rings. The minimum atomic E-state index is -0.910. The molecule has 2 aliphatic heterocycles. The number of benzene rings is 1. The zero-order valence-electron chi connectivity index (χ0n) is 16.2. The van der Waals surface area contributed by atoms with E-state index in [1.807, 2.05) is 6.92 Å². The van der Waals surface area contributed by atoms with E-state index in [4.69, 9.17) is 9.47 Å². The highest BCUT2D eigenvalue weighted by atomic mass is 19.1. The van der Waals surface area contributed by atoms with E-state index in [2.05, 4.69) is 0 Å². The third-order valence-electron chi connectivity index (χ3n) is 5.21. The van der Waals surface area contributed by atoms with E-state index in [9.17, 15) is 23.2 Å². The summed E-state index contributed by atoms with van der Waals surface area (Å²) in [5.74, 6) is -3.35. The van der Waals surface area contributed by atoms with Gasteiger partial charge in [0, 0.05) is 32.2 Å². The van der Waals surface area contributed by atoms with Crippen LogP contribution in [0.15, 0.2) is 18.2 Å². The van der Waals surface area contributed by atoms with Gasteiger partial charge in [0.2, 0.25) is 0 Å². The molecule has 0 radical (unpaired) electrons. The summed E-state index contributed by atoms with van der Waals surface area (Å²) < 4.78 is 37.4. The zero-order valence-corrected chi connectivity index (χ0v) is 16.2. The predicted molar refractivity (Wildman–Crippen MR) is 97.9 cm³/mol. The number of halogens is 2. The Kier molecular flexibility index (Phi) is 6.79. The summed E-state index contributed by atoms with van der Waals surface area (Å²) in [4.78, 5) is 39.9. The van der Waals surface area contributed by atoms with Crippen LogP contribution in [0.4, 0.5) is 8.78 Å². The molecular formula is C20H24F2N2O5. The number of esters is 1. The van der Waals surface area contributed by atoms with Gasteiger partial charge >= 0.3 is 5.97 Å². The lowest BCUT2D eigenvalue weighted by Crippen LogP contribution is -2.46. The minimum Gasteiger partial charge on any atom is -0.455 e. The van der Waals surface area contributed by atoms with Crippen LogP contribution in [0.1, 0.15) is 30.1 Å². The van der Waals surface area contributed by atoms with Gasteiger partial charge in [-0.15, -0.1) is 0 Å². The highest BCUT2D eigenvalue weighted by molar-refractivity contribution is 5.94. The molecule has 1 unspecified atom stereocenters. The van der Waals surface area contributed by atoms with Gasteiger partial charge in [0.1, 0.15) is 11.6 Å². The third-order valence-corrected chi connectivity index (χ3v) is 5.21. The van der Waals surface area contributed by atoms with Gasteiger partial charge in [-0.05, 0) is 31.9 Å². The van der Waals surface area contributed by atoms with Crippen molar-refractivity contribution < 1.29 is 32.6 Å². The Morgan fingerprint density at radius 1 is 1.14 bits per heavy atom. The Labute approximate surface area is 167 Å². The summed E-state index contributed by atoms with van der Waals surface area (Å²) in [5.41, 5.74) is -0.197. The van der Waals surface area contributed by atoms with Gasteiger partial charge in [-0.25, -0.2) is 8.78 Å². The van der Waals surface area contributed by atoms with Gasteiger partial charge in [-0.3, -0.25) is 14.4 Å². The highest BCUT2D eigenvalue weighted by Gasteiger charge is 2.31. The van der Waals surface area contributed by atoms with Crippen LogP contribution in [-0.2, 0) is 19.1 Å². The topological polar surface area (TPSA) is 76.2 Å². The summed E-state index contributed by atoms with van der Waals surface area (Å²) in [6, 6.07) is 2.82. The van der Waals surface area contributed by atoms with Crippen LogP contribution in [0, 0.1) is 17.6 Å². The van der Waals surface area contributed by atoms with E-state index < -0.39 is 29.4 Å². The molecule has 2 amide bonds. The zero-order chi connectivity index (χ0) is 21.0. The number of amides is 2. The molecule has 0 saturated carbocycles. The number of ether oxygens (including phenoxy) is 2. The number of nitrogens with zero attached hydrogens (tertiary/aromatic N) is 2. The largest absolute Gasteiger partial charge is 0.455 e. The van der Waals surface area contributed by atoms with Crippen molar-refractivity contribution in [1.29, 1.82) is 0 Å². The second kappa shape index (κ2) is 9.30. The molecule has 0 aromatic heterocycles. The molecule has 158 valence electrons. The molecular weight excluding hydrogens is 386 g/mol. The van der Waals surface area contributed by atoms with E-state index in [1.165, 1.54) is 4.90 Å². The molecule has 3 rings (SSSR count). The molecule has 2 saturated heterocycles. The molecule has 0 spiro atoms. The van der Waals surface area contributed by atoms with E-state index in [0.29, 0.717) is 38.6 Å². The fourth-order valence-corrected chi connectivity index (χ4v) is 3.54. The average Bonchev–Trinajstić information content (AvgIpc) is 2.71. The van der Waals surface area contributed by atoms with E-state index in [1.54, 1.807) is 4.90 Å². The molecule has 1 aromatic rings. The number of carbonyl (C=O) groups excluding carboxylic acids is 3. The average molecular weight is 410 g/mol. The van der Waals surface area contributed by atoms with E-state index in [-0.39, 0.29) is 37.3 Å². The van der Waals surface area contributed by atoms with Crippen LogP contribution >= 0.6 is 0 Å². The monoisotopic (exact) mass is 410 g/mol. The Morgan fingerprint density at radius 2 is 1.86 bits per heavy atom. The van der Waals surface area contributed by atoms with Crippen molar-refractivity contribution in [1.82, 2.24) is 9.80 Å². The number of hydrogen-bond acceptors (Lipinski definition) is 5. The first kappa shape index (κ1) is 21.2. The molecule has 0 aliphatic carbocycles. The Hall–Kier alpha value is -2.55. The normalized spacial score (nSPS) is 20.4. The van der Waals surface area contributed by atoms with Gasteiger partial charge in [-0.1, -0.05) is 0 Å². The van der Waals surface area contributed by atoms with Gasteiger partial charge in [0.15, 0.2) is 6.61 Å². The Morgan fingerprint density at radius 3 is 2.52 bits per heavy atom. The molecule has 0 bridgehead atoms. The number of morpholine rings is 1. The number of carbonyl (C=O) groups is 3. The standard InChI is InChI=1S/C20H24F2N2O5/c1-13-11-24(8-9-28-13)18(25)12-29-20(27)14-4-6-23(7-5-14)19(26)16-3-2-15(21)10-17(16)22/h2-3,10,13-14H,4-9,11-12H2,1H3. The van der Waals surface area contributed by atoms with Gasteiger partial charge in [-0.2, -0.15) is 0 Å². The number of rotatable bonds is 4. The molecule has 2 heterocycles. The maximum absolute atomic E-state index is 13.8. The summed E-state index contributed by atoms with van der Waals surface area (Å²) in [7, 11) is 0. The second-order valence-corrected chi connectivity index (χ2v) is 7.32. The van der Waals surface area contributed by atoms with Crippen LogP contribution in [0.2, 0.25) is 0 Å². The first-order valence-electron chi connectivity index (χ1n) is 9.65. The lowest BCUT2D eigenvalue weighted by atomic mass is 9.96. The molecule has 7 nitrogen and oxygen atoms in total. The van der Waals surface area contributed by atoms with E-state index in [0.717, 1.165) is 12.1 Å².